The van der Waals surface area contributed by atoms with Crippen LogP contribution in [0, 0.1) is 0 Å². The van der Waals surface area contributed by atoms with Gasteiger partial charge in [0.25, 0.3) is 0 Å². The Morgan fingerprint density at radius 1 is 1.39 bits per heavy atom. The minimum Gasteiger partial charge on any atom is -0.263 e. The Bertz CT molecular complexity index is 566. The van der Waals surface area contributed by atoms with E-state index in [1.54, 1.807) is 0 Å². The molecule has 0 aromatic rings. The van der Waals surface area contributed by atoms with Crippen molar-refractivity contribution >= 4 is 16.4 Å². The van der Waals surface area contributed by atoms with Gasteiger partial charge in [0.1, 0.15) is 17.2 Å². The van der Waals surface area contributed by atoms with Gasteiger partial charge in [0.2, 0.25) is 10.0 Å². The van der Waals surface area contributed by atoms with Crippen LogP contribution in [0.15, 0.2) is 28.3 Å². The van der Waals surface area contributed by atoms with Crippen LogP contribution in [-0.4, -0.2) is 37.4 Å². The zero-order valence-corrected chi connectivity index (χ0v) is 11.0. The van der Waals surface area contributed by atoms with E-state index < -0.39 is 27.2 Å². The fourth-order valence-corrected chi connectivity index (χ4v) is 3.38. The average molecular weight is 276 g/mol. The van der Waals surface area contributed by atoms with Crippen LogP contribution in [0.2, 0.25) is 0 Å². The van der Waals surface area contributed by atoms with Crippen LogP contribution in [0.4, 0.5) is 8.78 Å². The van der Waals surface area contributed by atoms with Gasteiger partial charge in [0.15, 0.2) is 0 Å². The van der Waals surface area contributed by atoms with Crippen LogP contribution in [0.5, 0.6) is 0 Å². The van der Waals surface area contributed by atoms with Gasteiger partial charge in [-0.1, -0.05) is 0 Å². The van der Waals surface area contributed by atoms with E-state index in [0.29, 0.717) is 0 Å². The van der Waals surface area contributed by atoms with Crippen molar-refractivity contribution in [3.8, 4) is 0 Å². The maximum absolute atomic E-state index is 13.8. The molecule has 100 valence electrons. The minimum absolute atomic E-state index is 0.0157. The minimum atomic E-state index is -3.53. The van der Waals surface area contributed by atoms with Crippen molar-refractivity contribution in [3.63, 3.8) is 0 Å². The molecule has 0 unspecified atom stereocenters. The molecule has 1 heterocycles. The van der Waals surface area contributed by atoms with E-state index in [0.717, 1.165) is 16.7 Å². The topological polar surface area (TPSA) is 49.7 Å². The first-order valence-electron chi connectivity index (χ1n) is 5.51. The molecule has 0 N–H and O–H groups in total. The van der Waals surface area contributed by atoms with Gasteiger partial charge in [-0.15, -0.1) is 0 Å². The van der Waals surface area contributed by atoms with Crippen LogP contribution in [0.3, 0.4) is 0 Å². The number of nitrogens with zero attached hydrogens (tertiary/aromatic N) is 2. The predicted octanol–water partition coefficient (Wildman–Crippen LogP) is 1.92. The molecule has 1 aliphatic heterocycles. The number of hydrogen-bond acceptors (Lipinski definition) is 3. The van der Waals surface area contributed by atoms with Crippen LogP contribution in [-0.2, 0) is 10.0 Å². The normalized spacial score (nSPS) is 31.6. The molecule has 18 heavy (non-hydrogen) atoms. The molecule has 0 amide bonds. The summed E-state index contributed by atoms with van der Waals surface area (Å²) < 4.78 is 51.6. The van der Waals surface area contributed by atoms with Crippen LogP contribution >= 0.6 is 0 Å². The van der Waals surface area contributed by atoms with Gasteiger partial charge in [0, 0.05) is 25.5 Å². The molecule has 0 aromatic heterocycles. The lowest BCUT2D eigenvalue weighted by atomic mass is 9.89. The first kappa shape index (κ1) is 13.2. The molecule has 1 aliphatic carbocycles. The van der Waals surface area contributed by atoms with Crippen molar-refractivity contribution in [1.29, 1.82) is 0 Å². The van der Waals surface area contributed by atoms with Crippen LogP contribution < -0.4 is 0 Å². The first-order chi connectivity index (χ1) is 8.24. The summed E-state index contributed by atoms with van der Waals surface area (Å²) in [5.41, 5.74) is -1.23. The number of rotatable bonds is 1. The van der Waals surface area contributed by atoms with Gasteiger partial charge >= 0.3 is 0 Å². The number of halogens is 2. The summed E-state index contributed by atoms with van der Waals surface area (Å²) in [7, 11) is -2.17. The van der Waals surface area contributed by atoms with Gasteiger partial charge < -0.3 is 0 Å². The SMILES string of the molecule is CN1C=N[C@](C)(C2=C(F)CCC(F)=C2)CS1(=O)=O. The lowest BCUT2D eigenvalue weighted by Crippen LogP contribution is -2.45. The van der Waals surface area contributed by atoms with E-state index in [-0.39, 0.29) is 24.2 Å². The number of hydrogen-bond donors (Lipinski definition) is 0. The fraction of sp³-hybridized carbons (Fsp3) is 0.545. The van der Waals surface area contributed by atoms with Gasteiger partial charge in [0.05, 0.1) is 12.1 Å². The van der Waals surface area contributed by atoms with Crippen molar-refractivity contribution in [2.75, 3.05) is 12.8 Å². The van der Waals surface area contributed by atoms with E-state index in [1.165, 1.54) is 14.0 Å². The summed E-state index contributed by atoms with van der Waals surface area (Å²) in [5, 5.41) is 0. The summed E-state index contributed by atoms with van der Waals surface area (Å²) in [5.74, 6) is -1.30. The zero-order valence-electron chi connectivity index (χ0n) is 10.2. The Morgan fingerprint density at radius 3 is 2.67 bits per heavy atom. The highest BCUT2D eigenvalue weighted by Crippen LogP contribution is 2.36. The van der Waals surface area contributed by atoms with Gasteiger partial charge in [-0.2, -0.15) is 0 Å². The summed E-state index contributed by atoms with van der Waals surface area (Å²) in [6, 6.07) is 0. The highest BCUT2D eigenvalue weighted by Gasteiger charge is 2.40. The molecule has 2 aliphatic rings. The molecule has 0 radical (unpaired) electrons. The number of sulfonamides is 1. The molecule has 0 bridgehead atoms. The van der Waals surface area contributed by atoms with Crippen LogP contribution in [0.25, 0.3) is 0 Å². The lowest BCUT2D eigenvalue weighted by molar-refractivity contribution is 0.470. The molecule has 4 nitrogen and oxygen atoms in total. The number of aliphatic imine (C=N–C) groups is 1. The van der Waals surface area contributed by atoms with E-state index in [2.05, 4.69) is 4.99 Å². The lowest BCUT2D eigenvalue weighted by Gasteiger charge is -2.34. The summed E-state index contributed by atoms with van der Waals surface area (Å²) in [6.45, 7) is 1.50. The third kappa shape index (κ3) is 2.19. The molecule has 0 saturated carbocycles. The van der Waals surface area contributed by atoms with Gasteiger partial charge in [-0.25, -0.2) is 17.2 Å². The molecule has 7 heteroatoms. The Kier molecular flexibility index (Phi) is 3.04. The Balaban J connectivity index is 2.48. The summed E-state index contributed by atoms with van der Waals surface area (Å²) in [4.78, 5) is 4.06. The third-order valence-electron chi connectivity index (χ3n) is 3.16. The van der Waals surface area contributed by atoms with Crippen LogP contribution in [0.1, 0.15) is 19.8 Å². The monoisotopic (exact) mass is 276 g/mol. The molecule has 0 spiro atoms. The average Bonchev–Trinajstić information content (AvgIpc) is 2.27. The van der Waals surface area contributed by atoms with E-state index >= 15 is 0 Å². The number of allylic oxidation sites excluding steroid dienone is 2. The van der Waals surface area contributed by atoms with Gasteiger partial charge in [-0.05, 0) is 13.0 Å². The maximum atomic E-state index is 13.8. The van der Waals surface area contributed by atoms with Crippen molar-refractivity contribution in [3.05, 3.63) is 23.3 Å². The second-order valence-corrected chi connectivity index (χ2v) is 6.73. The van der Waals surface area contributed by atoms with E-state index in [4.69, 9.17) is 0 Å². The summed E-state index contributed by atoms with van der Waals surface area (Å²) in [6.07, 6.45) is 2.18. The smallest absolute Gasteiger partial charge is 0.238 e. The van der Waals surface area contributed by atoms with E-state index in [1.807, 2.05) is 0 Å². The Labute approximate surface area is 105 Å². The van der Waals surface area contributed by atoms with Crippen molar-refractivity contribution in [2.24, 2.45) is 4.99 Å². The fourth-order valence-electron chi connectivity index (χ4n) is 2.04. The standard InChI is InChI=1S/C11H14F2N2O2S/c1-11(6-18(16,17)15(2)7-14-11)9-5-8(12)3-4-10(9)13/h5,7H,3-4,6H2,1-2H3/t11-/m0/s1. The van der Waals surface area contributed by atoms with Crippen molar-refractivity contribution in [1.82, 2.24) is 4.31 Å². The largest absolute Gasteiger partial charge is 0.263 e. The maximum Gasteiger partial charge on any atom is 0.238 e. The summed E-state index contributed by atoms with van der Waals surface area (Å²) >= 11 is 0. The molecular formula is C11H14F2N2O2S. The molecule has 2 rings (SSSR count). The van der Waals surface area contributed by atoms with Crippen molar-refractivity contribution in [2.45, 2.75) is 25.3 Å². The molecule has 0 saturated heterocycles. The zero-order chi connectivity index (χ0) is 13.6. The molecule has 1 atom stereocenters. The highest BCUT2D eigenvalue weighted by atomic mass is 32.2. The molecular weight excluding hydrogens is 262 g/mol. The Hall–Kier alpha value is -1.24. The first-order valence-corrected chi connectivity index (χ1v) is 7.12. The predicted molar refractivity (Wildman–Crippen MR) is 65.0 cm³/mol. The Morgan fingerprint density at radius 2 is 2.06 bits per heavy atom. The van der Waals surface area contributed by atoms with E-state index in [9.17, 15) is 17.2 Å². The second-order valence-electron chi connectivity index (χ2n) is 4.70. The quantitative estimate of drug-likeness (QED) is 0.734. The van der Waals surface area contributed by atoms with Crippen molar-refractivity contribution < 1.29 is 17.2 Å². The molecule has 0 fully saturated rings. The second kappa shape index (κ2) is 4.15. The third-order valence-corrected chi connectivity index (χ3v) is 5.06. The highest BCUT2D eigenvalue weighted by molar-refractivity contribution is 7.89. The van der Waals surface area contributed by atoms with Gasteiger partial charge in [-0.3, -0.25) is 9.30 Å². The molecule has 0 aromatic carbocycles.